The molecule has 0 atom stereocenters. The van der Waals surface area contributed by atoms with Gasteiger partial charge in [-0.3, -0.25) is 4.79 Å². The summed E-state index contributed by atoms with van der Waals surface area (Å²) in [6.45, 7) is 3.14. The maximum Gasteiger partial charge on any atom is 0.252 e. The molecule has 1 aliphatic heterocycles. The number of carbonyl (C=O) groups excluding carboxylic acids is 1. The molecule has 3 rings (SSSR count). The maximum atomic E-state index is 12.4. The van der Waals surface area contributed by atoms with Crippen LogP contribution in [0.1, 0.15) is 48.9 Å². The molecule has 0 spiro atoms. The predicted octanol–water partition coefficient (Wildman–Crippen LogP) is 3.84. The van der Waals surface area contributed by atoms with Gasteiger partial charge in [-0.05, 0) is 78.8 Å². The van der Waals surface area contributed by atoms with Gasteiger partial charge >= 0.3 is 0 Å². The third kappa shape index (κ3) is 4.31. The summed E-state index contributed by atoms with van der Waals surface area (Å²) in [6, 6.07) is 6.31. The molecule has 1 aromatic carbocycles. The highest BCUT2D eigenvalue weighted by Gasteiger charge is 2.27. The van der Waals surface area contributed by atoms with E-state index in [1.54, 1.807) is 13.2 Å². The zero-order valence-electron chi connectivity index (χ0n) is 14.4. The van der Waals surface area contributed by atoms with Crippen LogP contribution in [0, 0.1) is 5.92 Å². The van der Waals surface area contributed by atoms with Crippen LogP contribution in [0.2, 0.25) is 0 Å². The number of rotatable bonds is 5. The van der Waals surface area contributed by atoms with Gasteiger partial charge in [-0.15, -0.1) is 0 Å². The van der Waals surface area contributed by atoms with E-state index in [0.29, 0.717) is 17.2 Å². The minimum Gasteiger partial charge on any atom is -0.497 e. The average Bonchev–Trinajstić information content (AvgIpc) is 3.15. The van der Waals surface area contributed by atoms with Gasteiger partial charge in [0.15, 0.2) is 0 Å². The molecule has 1 N–H and O–H groups in total. The number of hydrogen-bond donors (Lipinski definition) is 1. The fraction of sp³-hybridized carbons (Fsp3) is 0.632. The first-order valence-corrected chi connectivity index (χ1v) is 9.82. The van der Waals surface area contributed by atoms with Crippen molar-refractivity contribution in [2.75, 3.05) is 26.7 Å². The van der Waals surface area contributed by atoms with Crippen molar-refractivity contribution in [3.05, 3.63) is 28.2 Å². The summed E-state index contributed by atoms with van der Waals surface area (Å²) in [5.41, 5.74) is 0.637. The van der Waals surface area contributed by atoms with Gasteiger partial charge in [-0.25, -0.2) is 0 Å². The van der Waals surface area contributed by atoms with Gasteiger partial charge in [0, 0.05) is 17.1 Å². The van der Waals surface area contributed by atoms with Crippen molar-refractivity contribution in [3.8, 4) is 5.75 Å². The van der Waals surface area contributed by atoms with Gasteiger partial charge in [-0.2, -0.15) is 0 Å². The quantitative estimate of drug-likeness (QED) is 0.824. The zero-order chi connectivity index (χ0) is 16.9. The second-order valence-corrected chi connectivity index (χ2v) is 7.83. The summed E-state index contributed by atoms with van der Waals surface area (Å²) in [5.74, 6) is 1.27. The van der Waals surface area contributed by atoms with Crippen molar-refractivity contribution >= 4 is 21.8 Å². The number of nitrogens with zero attached hydrogens (tertiary/aromatic N) is 1. The Bertz CT molecular complexity index is 564. The molecule has 1 saturated carbocycles. The number of piperidine rings is 1. The van der Waals surface area contributed by atoms with Crippen LogP contribution in [0.3, 0.4) is 0 Å². The zero-order valence-corrected chi connectivity index (χ0v) is 16.0. The standard InChI is InChI=1S/C19H27BrN2O2/c1-24-16-6-7-18(20)17(12-16)19(23)21-13-14-8-10-22(11-9-14)15-4-2-3-5-15/h6-7,12,14-15H,2-5,8-11,13H2,1H3,(H,21,23). The number of amides is 1. The van der Waals surface area contributed by atoms with E-state index in [-0.39, 0.29) is 5.91 Å². The Morgan fingerprint density at radius 2 is 1.96 bits per heavy atom. The largest absolute Gasteiger partial charge is 0.497 e. The average molecular weight is 395 g/mol. The molecule has 1 aromatic rings. The molecular formula is C19H27BrN2O2. The number of nitrogens with one attached hydrogen (secondary N) is 1. The van der Waals surface area contributed by atoms with Crippen molar-refractivity contribution < 1.29 is 9.53 Å². The fourth-order valence-electron chi connectivity index (χ4n) is 3.93. The molecular weight excluding hydrogens is 368 g/mol. The lowest BCUT2D eigenvalue weighted by Gasteiger charge is -2.36. The van der Waals surface area contributed by atoms with Crippen molar-refractivity contribution in [2.45, 2.75) is 44.6 Å². The molecule has 5 heteroatoms. The Morgan fingerprint density at radius 1 is 1.25 bits per heavy atom. The molecule has 1 aliphatic carbocycles. The normalized spacial score (nSPS) is 20.2. The van der Waals surface area contributed by atoms with Crippen molar-refractivity contribution in [3.63, 3.8) is 0 Å². The fourth-order valence-corrected chi connectivity index (χ4v) is 4.36. The third-order valence-corrected chi connectivity index (χ3v) is 6.15. The van der Waals surface area contributed by atoms with E-state index in [4.69, 9.17) is 4.74 Å². The molecule has 4 nitrogen and oxygen atoms in total. The Hall–Kier alpha value is -1.07. The summed E-state index contributed by atoms with van der Waals surface area (Å²) >= 11 is 3.45. The highest BCUT2D eigenvalue weighted by atomic mass is 79.9. The summed E-state index contributed by atoms with van der Waals surface area (Å²) in [5, 5.41) is 3.10. The molecule has 132 valence electrons. The summed E-state index contributed by atoms with van der Waals surface area (Å²) in [4.78, 5) is 15.1. The number of ether oxygens (including phenoxy) is 1. The van der Waals surface area contributed by atoms with Crippen LogP contribution < -0.4 is 10.1 Å². The number of methoxy groups -OCH3 is 1. The lowest BCUT2D eigenvalue weighted by molar-refractivity contribution is 0.0923. The molecule has 0 unspecified atom stereocenters. The van der Waals surface area contributed by atoms with Crippen LogP contribution in [0.15, 0.2) is 22.7 Å². The summed E-state index contributed by atoms with van der Waals surface area (Å²) < 4.78 is 6.01. The predicted molar refractivity (Wildman–Crippen MR) is 99.6 cm³/mol. The Labute approximate surface area is 153 Å². The van der Waals surface area contributed by atoms with Gasteiger partial charge < -0.3 is 15.0 Å². The third-order valence-electron chi connectivity index (χ3n) is 5.46. The molecule has 0 radical (unpaired) electrons. The van der Waals surface area contributed by atoms with Gasteiger partial charge in [0.1, 0.15) is 5.75 Å². The smallest absolute Gasteiger partial charge is 0.252 e. The minimum atomic E-state index is -0.0287. The van der Waals surface area contributed by atoms with E-state index in [1.807, 2.05) is 12.1 Å². The molecule has 1 amide bonds. The number of hydrogen-bond acceptors (Lipinski definition) is 3. The van der Waals surface area contributed by atoms with Crippen LogP contribution in [-0.4, -0.2) is 43.6 Å². The molecule has 2 aliphatic rings. The highest BCUT2D eigenvalue weighted by Crippen LogP contribution is 2.28. The molecule has 24 heavy (non-hydrogen) atoms. The Morgan fingerprint density at radius 3 is 2.62 bits per heavy atom. The van der Waals surface area contributed by atoms with Crippen molar-refractivity contribution in [1.29, 1.82) is 0 Å². The molecule has 1 heterocycles. The van der Waals surface area contributed by atoms with Crippen molar-refractivity contribution in [2.24, 2.45) is 5.92 Å². The van der Waals surface area contributed by atoms with Gasteiger partial charge in [-0.1, -0.05) is 12.8 Å². The number of likely N-dealkylation sites (tertiary alicyclic amines) is 1. The Balaban J connectivity index is 1.47. The SMILES string of the molecule is COc1ccc(Br)c(C(=O)NCC2CCN(C3CCCC3)CC2)c1. The second-order valence-electron chi connectivity index (χ2n) is 6.97. The Kier molecular flexibility index (Phi) is 6.17. The summed E-state index contributed by atoms with van der Waals surface area (Å²) in [7, 11) is 1.61. The number of benzene rings is 1. The van der Waals surface area contributed by atoms with E-state index < -0.39 is 0 Å². The minimum absolute atomic E-state index is 0.0287. The second kappa shape index (κ2) is 8.34. The van der Waals surface area contributed by atoms with E-state index in [2.05, 4.69) is 26.1 Å². The summed E-state index contributed by atoms with van der Waals surface area (Å²) in [6.07, 6.45) is 7.94. The number of carbonyl (C=O) groups is 1. The first kappa shape index (κ1) is 17.7. The van der Waals surface area contributed by atoms with Gasteiger partial charge in [0.2, 0.25) is 0 Å². The van der Waals surface area contributed by atoms with E-state index >= 15 is 0 Å². The number of halogens is 1. The lowest BCUT2D eigenvalue weighted by atomic mass is 9.95. The lowest BCUT2D eigenvalue weighted by Crippen LogP contribution is -2.42. The first-order chi connectivity index (χ1) is 11.7. The monoisotopic (exact) mass is 394 g/mol. The van der Waals surface area contributed by atoms with Crippen LogP contribution in [0.25, 0.3) is 0 Å². The van der Waals surface area contributed by atoms with Gasteiger partial charge in [0.05, 0.1) is 12.7 Å². The van der Waals surface area contributed by atoms with Gasteiger partial charge in [0.25, 0.3) is 5.91 Å². The molecule has 0 aromatic heterocycles. The molecule has 0 bridgehead atoms. The van der Waals surface area contributed by atoms with Crippen LogP contribution in [0.4, 0.5) is 0 Å². The van der Waals surface area contributed by atoms with E-state index in [0.717, 1.165) is 17.1 Å². The van der Waals surface area contributed by atoms with Crippen LogP contribution >= 0.6 is 15.9 Å². The first-order valence-electron chi connectivity index (χ1n) is 9.03. The highest BCUT2D eigenvalue weighted by molar-refractivity contribution is 9.10. The van der Waals surface area contributed by atoms with Crippen LogP contribution in [0.5, 0.6) is 5.75 Å². The molecule has 1 saturated heterocycles. The maximum absolute atomic E-state index is 12.4. The topological polar surface area (TPSA) is 41.6 Å². The van der Waals surface area contributed by atoms with E-state index in [1.165, 1.54) is 51.6 Å². The van der Waals surface area contributed by atoms with Crippen molar-refractivity contribution in [1.82, 2.24) is 10.2 Å². The van der Waals surface area contributed by atoms with E-state index in [9.17, 15) is 4.79 Å². The van der Waals surface area contributed by atoms with Crippen LogP contribution in [-0.2, 0) is 0 Å². The molecule has 2 fully saturated rings.